The van der Waals surface area contributed by atoms with Crippen LogP contribution in [0.2, 0.25) is 0 Å². The predicted molar refractivity (Wildman–Crippen MR) is 36.2 cm³/mol. The molecule has 0 unspecified atom stereocenters. The molecule has 1 rings (SSSR count). The van der Waals surface area contributed by atoms with Crippen LogP contribution in [0.4, 0.5) is 0 Å². The molecule has 0 aromatic carbocycles. The van der Waals surface area contributed by atoms with Gasteiger partial charge in [-0.2, -0.15) is 0 Å². The number of hydrogen-bond donors (Lipinski definition) is 2. The van der Waals surface area contributed by atoms with E-state index in [2.05, 4.69) is 4.98 Å². The minimum absolute atomic E-state index is 0. The average molecular weight is 321 g/mol. The molecule has 4 nitrogen and oxygen atoms in total. The predicted octanol–water partition coefficient (Wildman–Crippen LogP) is -1.85. The Bertz CT molecular complexity index is 251. The molecule has 0 fully saturated rings. The van der Waals surface area contributed by atoms with E-state index in [0.29, 0.717) is 0 Å². The summed E-state index contributed by atoms with van der Waals surface area (Å²) in [5.74, 6) is 0. The first-order valence-corrected chi connectivity index (χ1v) is 2.07. The quantitative estimate of drug-likeness (QED) is 0.551. The van der Waals surface area contributed by atoms with Crippen LogP contribution in [-0.4, -0.2) is 37.3 Å². The van der Waals surface area contributed by atoms with Crippen LogP contribution in [0.3, 0.4) is 0 Å². The van der Waals surface area contributed by atoms with Crippen LogP contribution in [0, 0.1) is 0 Å². The molecule has 1 heterocycles. The van der Waals surface area contributed by atoms with Crippen LogP contribution >= 0.6 is 0 Å². The first-order chi connectivity index (χ1) is 3.79. The summed E-state index contributed by atoms with van der Waals surface area (Å²) in [5, 5.41) is 0. The second kappa shape index (κ2) is 3.59. The Hall–Kier alpha value is -0.398. The summed E-state index contributed by atoms with van der Waals surface area (Å²) in [6, 6.07) is 1.24. The molecule has 2 radical (unpaired) electrons. The second-order valence-corrected chi connectivity index (χ2v) is 1.30. The first-order valence-electron chi connectivity index (χ1n) is 2.07. The number of rotatable bonds is 0. The topological polar surface area (TPSA) is 65.7 Å². The van der Waals surface area contributed by atoms with Crippen molar-refractivity contribution >= 4 is 27.3 Å². The molecule has 0 aliphatic heterocycles. The van der Waals surface area contributed by atoms with E-state index in [4.69, 9.17) is 0 Å². The fourth-order valence-electron chi connectivity index (χ4n) is 0.383. The molecule has 9 heavy (non-hydrogen) atoms. The Morgan fingerprint density at radius 1 is 1.33 bits per heavy atom. The molecule has 48 valence electrons. The zero-order valence-electron chi connectivity index (χ0n) is 4.68. The molecule has 1 aromatic heterocycles. The second-order valence-electron chi connectivity index (χ2n) is 1.30. The molecule has 0 saturated carbocycles. The van der Waals surface area contributed by atoms with Gasteiger partial charge in [-0.3, -0.25) is 9.78 Å². The Morgan fingerprint density at radius 2 is 2.00 bits per heavy atom. The molecular weight excluding hydrogens is 315 g/mol. The van der Waals surface area contributed by atoms with Gasteiger partial charge in [-0.15, -0.1) is 0 Å². The van der Waals surface area contributed by atoms with Crippen LogP contribution < -0.4 is 11.2 Å². The van der Waals surface area contributed by atoms with Gasteiger partial charge in [0.05, 0.1) is 0 Å². The maximum absolute atomic E-state index is 10.2. The molecule has 0 saturated heterocycles. The minimum atomic E-state index is -0.475. The van der Waals surface area contributed by atoms with Gasteiger partial charge < -0.3 is 4.98 Å². The average Bonchev–Trinajstić information content (AvgIpc) is 1.64. The summed E-state index contributed by atoms with van der Waals surface area (Å²) in [4.78, 5) is 24.7. The number of aromatic nitrogens is 2. The van der Waals surface area contributed by atoms with Gasteiger partial charge in [0.15, 0.2) is 0 Å². The zero-order valence-corrected chi connectivity index (χ0v) is 10.2. The first kappa shape index (κ1) is 8.60. The van der Waals surface area contributed by atoms with E-state index in [0.717, 1.165) is 0 Å². The molecular formula is C4H6N2O2Pb. The van der Waals surface area contributed by atoms with Gasteiger partial charge in [-0.25, -0.2) is 4.79 Å². The van der Waals surface area contributed by atoms with Crippen molar-refractivity contribution in [2.45, 2.75) is 0 Å². The van der Waals surface area contributed by atoms with Gasteiger partial charge >= 0.3 is 33.0 Å². The van der Waals surface area contributed by atoms with E-state index < -0.39 is 5.69 Å². The Morgan fingerprint density at radius 3 is 2.33 bits per heavy atom. The molecule has 0 atom stereocenters. The van der Waals surface area contributed by atoms with Crippen LogP contribution in [-0.2, 0) is 0 Å². The van der Waals surface area contributed by atoms with Crippen molar-refractivity contribution in [1.82, 2.24) is 9.97 Å². The normalized spacial score (nSPS) is 8.00. The molecule has 0 amide bonds. The van der Waals surface area contributed by atoms with Crippen molar-refractivity contribution in [2.24, 2.45) is 0 Å². The monoisotopic (exact) mass is 322 g/mol. The number of aromatic amines is 2. The summed E-state index contributed by atoms with van der Waals surface area (Å²) in [6.45, 7) is 0. The van der Waals surface area contributed by atoms with Crippen molar-refractivity contribution in [3.8, 4) is 0 Å². The van der Waals surface area contributed by atoms with Gasteiger partial charge in [-0.05, 0) is 0 Å². The van der Waals surface area contributed by atoms with Crippen LogP contribution in [0.25, 0.3) is 0 Å². The number of hydrogen-bond acceptors (Lipinski definition) is 2. The summed E-state index contributed by atoms with van der Waals surface area (Å²) in [6.07, 6.45) is 1.29. The Kier molecular flexibility index (Phi) is 3.43. The molecule has 0 spiro atoms. The Labute approximate surface area is 70.5 Å². The number of H-pyrrole nitrogens is 2. The van der Waals surface area contributed by atoms with Crippen molar-refractivity contribution < 1.29 is 0 Å². The SMILES string of the molecule is O=c1cc[nH]c(=O)[nH]1.[PbH2]. The summed E-state index contributed by atoms with van der Waals surface area (Å²) < 4.78 is 0. The standard InChI is InChI=1S/C4H4N2O2.Pb.2H/c7-3-1-2-5-4(8)6-3;;;/h1-2H,(H2,5,6,7,8);;;. The van der Waals surface area contributed by atoms with E-state index in [1.54, 1.807) is 0 Å². The van der Waals surface area contributed by atoms with Crippen LogP contribution in [0.15, 0.2) is 21.9 Å². The van der Waals surface area contributed by atoms with Gasteiger partial charge in [0.2, 0.25) is 0 Å². The van der Waals surface area contributed by atoms with Gasteiger partial charge in [0, 0.05) is 12.3 Å². The van der Waals surface area contributed by atoms with Crippen molar-refractivity contribution in [3.63, 3.8) is 0 Å². The third-order valence-corrected chi connectivity index (χ3v) is 0.686. The van der Waals surface area contributed by atoms with Crippen LogP contribution in [0.5, 0.6) is 0 Å². The van der Waals surface area contributed by atoms with E-state index in [1.807, 2.05) is 4.98 Å². The molecule has 0 bridgehead atoms. The van der Waals surface area contributed by atoms with E-state index in [-0.39, 0.29) is 32.9 Å². The van der Waals surface area contributed by atoms with Gasteiger partial charge in [0.1, 0.15) is 0 Å². The molecule has 0 aliphatic carbocycles. The third-order valence-electron chi connectivity index (χ3n) is 0.686. The zero-order chi connectivity index (χ0) is 5.98. The summed E-state index contributed by atoms with van der Waals surface area (Å²) in [5.41, 5.74) is -0.855. The molecule has 2 N–H and O–H groups in total. The van der Waals surface area contributed by atoms with E-state index in [1.165, 1.54) is 12.3 Å². The fourth-order valence-corrected chi connectivity index (χ4v) is 0.383. The van der Waals surface area contributed by atoms with E-state index in [9.17, 15) is 9.59 Å². The Balaban J connectivity index is 0.000000640. The summed E-state index contributed by atoms with van der Waals surface area (Å²) >= 11 is 0. The maximum atomic E-state index is 10.2. The van der Waals surface area contributed by atoms with Crippen LogP contribution in [0.1, 0.15) is 0 Å². The van der Waals surface area contributed by atoms with Gasteiger partial charge in [0.25, 0.3) is 5.56 Å². The molecule has 0 aliphatic rings. The van der Waals surface area contributed by atoms with Crippen molar-refractivity contribution in [2.75, 3.05) is 0 Å². The van der Waals surface area contributed by atoms with Crippen molar-refractivity contribution in [1.29, 1.82) is 0 Å². The molecule has 5 heteroatoms. The fraction of sp³-hybridized carbons (Fsp3) is 0. The van der Waals surface area contributed by atoms with E-state index >= 15 is 0 Å². The van der Waals surface area contributed by atoms with Gasteiger partial charge in [-0.1, -0.05) is 0 Å². The summed E-state index contributed by atoms with van der Waals surface area (Å²) in [7, 11) is 0. The molecule has 1 aromatic rings. The number of nitrogens with one attached hydrogen (secondary N) is 2. The van der Waals surface area contributed by atoms with Crippen molar-refractivity contribution in [3.05, 3.63) is 33.1 Å². The third kappa shape index (κ3) is 2.59.